The molecule has 1 aliphatic heterocycles. The molecule has 1 N–H and O–H groups in total. The van der Waals surface area contributed by atoms with E-state index in [0.29, 0.717) is 5.56 Å². The van der Waals surface area contributed by atoms with Crippen LogP contribution < -0.4 is 4.72 Å². The summed E-state index contributed by atoms with van der Waals surface area (Å²) in [6.07, 6.45) is 0. The van der Waals surface area contributed by atoms with Crippen LogP contribution in [0.2, 0.25) is 5.02 Å². The number of amidine groups is 1. The Morgan fingerprint density at radius 1 is 1.21 bits per heavy atom. The Kier molecular flexibility index (Phi) is 5.95. The summed E-state index contributed by atoms with van der Waals surface area (Å²) in [7, 11) is -2.17. The number of halogens is 2. The van der Waals surface area contributed by atoms with Crippen molar-refractivity contribution in [2.24, 2.45) is 10.9 Å². The number of fused-ring (bicyclic) bond motifs is 1. The minimum atomic E-state index is -3.70. The van der Waals surface area contributed by atoms with Gasteiger partial charge in [-0.3, -0.25) is 14.5 Å². The van der Waals surface area contributed by atoms with Crippen LogP contribution in [0.3, 0.4) is 0 Å². The van der Waals surface area contributed by atoms with Crippen LogP contribution >= 0.6 is 11.6 Å². The monoisotopic (exact) mass is 437 g/mol. The molecule has 1 atom stereocenters. The summed E-state index contributed by atoms with van der Waals surface area (Å²) >= 11 is 6.06. The fourth-order valence-corrected chi connectivity index (χ4v) is 4.54. The Bertz CT molecular complexity index is 1070. The van der Waals surface area contributed by atoms with Crippen molar-refractivity contribution in [3.05, 3.63) is 64.4 Å². The van der Waals surface area contributed by atoms with Gasteiger partial charge in [-0.05, 0) is 30.2 Å². The smallest absolute Gasteiger partial charge is 0.263 e. The van der Waals surface area contributed by atoms with Gasteiger partial charge in [-0.25, -0.2) is 12.8 Å². The predicted octanol–water partition coefficient (Wildman–Crippen LogP) is 3.20. The molecule has 1 amide bonds. The Labute approximate surface area is 174 Å². The maximum atomic E-state index is 14.1. The number of benzene rings is 2. The molecule has 3 rings (SSSR count). The van der Waals surface area contributed by atoms with E-state index >= 15 is 0 Å². The highest BCUT2D eigenvalue weighted by Crippen LogP contribution is 2.25. The van der Waals surface area contributed by atoms with E-state index < -0.39 is 21.9 Å². The first-order valence-corrected chi connectivity index (χ1v) is 10.9. The van der Waals surface area contributed by atoms with Crippen molar-refractivity contribution in [3.8, 4) is 0 Å². The fraction of sp³-hybridized carbons (Fsp3) is 0.300. The average Bonchev–Trinajstić information content (AvgIpc) is 2.92. The molecular weight excluding hydrogens is 417 g/mol. The van der Waals surface area contributed by atoms with E-state index in [0.717, 1.165) is 0 Å². The van der Waals surface area contributed by atoms with Crippen LogP contribution in [0.15, 0.2) is 52.4 Å². The van der Waals surface area contributed by atoms with Crippen molar-refractivity contribution in [1.82, 2.24) is 9.62 Å². The minimum absolute atomic E-state index is 0.0271. The molecule has 1 unspecified atom stereocenters. The highest BCUT2D eigenvalue weighted by Gasteiger charge is 2.33. The van der Waals surface area contributed by atoms with Gasteiger partial charge >= 0.3 is 0 Å². The van der Waals surface area contributed by atoms with Gasteiger partial charge in [0.15, 0.2) is 0 Å². The van der Waals surface area contributed by atoms with Gasteiger partial charge in [0.1, 0.15) is 17.7 Å². The Hall–Kier alpha value is -2.45. The summed E-state index contributed by atoms with van der Waals surface area (Å²) in [5.41, 5.74) is 0.637. The molecule has 0 spiro atoms. The lowest BCUT2D eigenvalue weighted by Crippen LogP contribution is -2.39. The number of hydrogen-bond acceptors (Lipinski definition) is 4. The number of hydrogen-bond donors (Lipinski definition) is 1. The zero-order chi connectivity index (χ0) is 21.3. The molecule has 1 aliphatic rings. The van der Waals surface area contributed by atoms with Crippen molar-refractivity contribution in [2.75, 3.05) is 7.05 Å². The van der Waals surface area contributed by atoms with Gasteiger partial charge in [0.05, 0.1) is 4.90 Å². The third-order valence-electron chi connectivity index (χ3n) is 4.65. The first-order valence-electron chi connectivity index (χ1n) is 8.99. The molecule has 2 aromatic carbocycles. The number of aliphatic imine (C=N–C) groups is 1. The van der Waals surface area contributed by atoms with Crippen LogP contribution in [0.25, 0.3) is 0 Å². The largest absolute Gasteiger partial charge is 0.339 e. The minimum Gasteiger partial charge on any atom is -0.339 e. The third-order valence-corrected chi connectivity index (χ3v) is 6.40. The normalized spacial score (nSPS) is 17.1. The third kappa shape index (κ3) is 4.28. The summed E-state index contributed by atoms with van der Waals surface area (Å²) < 4.78 is 41.1. The summed E-state index contributed by atoms with van der Waals surface area (Å²) in [5.74, 6) is -0.951. The Morgan fingerprint density at radius 3 is 2.55 bits per heavy atom. The number of sulfonamides is 1. The van der Waals surface area contributed by atoms with E-state index in [1.165, 1.54) is 30.1 Å². The van der Waals surface area contributed by atoms with Crippen molar-refractivity contribution in [3.63, 3.8) is 0 Å². The first kappa shape index (κ1) is 21.3. The average molecular weight is 438 g/mol. The van der Waals surface area contributed by atoms with Crippen LogP contribution in [-0.4, -0.2) is 38.2 Å². The van der Waals surface area contributed by atoms with Crippen LogP contribution in [-0.2, 0) is 21.4 Å². The molecule has 0 saturated carbocycles. The Balaban J connectivity index is 1.91. The van der Waals surface area contributed by atoms with Gasteiger partial charge in [0, 0.05) is 29.7 Å². The van der Waals surface area contributed by atoms with Crippen LogP contribution in [0.5, 0.6) is 0 Å². The number of nitrogens with zero attached hydrogens (tertiary/aromatic N) is 2. The second kappa shape index (κ2) is 8.12. The van der Waals surface area contributed by atoms with Crippen molar-refractivity contribution in [1.29, 1.82) is 0 Å². The SMILES string of the molecule is CC(C)C(N=C1NS(=O)(=O)c2ccccc21)C(=O)N(C)Cc1c(F)cccc1Cl. The molecule has 0 aliphatic carbocycles. The molecular formula is C20H21ClFN3O3S. The number of carbonyl (C=O) groups is 1. The quantitative estimate of drug-likeness (QED) is 0.780. The second-order valence-corrected chi connectivity index (χ2v) is 9.22. The molecule has 1 heterocycles. The van der Waals surface area contributed by atoms with Crippen LogP contribution in [0.4, 0.5) is 4.39 Å². The lowest BCUT2D eigenvalue weighted by atomic mass is 10.0. The summed E-state index contributed by atoms with van der Waals surface area (Å²) in [5, 5.41) is 0.231. The van der Waals surface area contributed by atoms with E-state index in [9.17, 15) is 17.6 Å². The molecule has 154 valence electrons. The molecule has 6 nitrogen and oxygen atoms in total. The molecule has 0 radical (unpaired) electrons. The van der Waals surface area contributed by atoms with Gasteiger partial charge < -0.3 is 4.90 Å². The highest BCUT2D eigenvalue weighted by molar-refractivity contribution is 7.90. The second-order valence-electron chi connectivity index (χ2n) is 7.16. The van der Waals surface area contributed by atoms with Gasteiger partial charge in [0.2, 0.25) is 5.91 Å². The number of rotatable bonds is 5. The predicted molar refractivity (Wildman–Crippen MR) is 110 cm³/mol. The zero-order valence-corrected chi connectivity index (χ0v) is 17.8. The summed E-state index contributed by atoms with van der Waals surface area (Å²) in [6, 6.07) is 9.93. The first-order chi connectivity index (χ1) is 13.6. The highest BCUT2D eigenvalue weighted by atomic mass is 35.5. The lowest BCUT2D eigenvalue weighted by Gasteiger charge is -2.24. The zero-order valence-electron chi connectivity index (χ0n) is 16.2. The van der Waals surface area contributed by atoms with Crippen molar-refractivity contribution < 1.29 is 17.6 Å². The topological polar surface area (TPSA) is 78.8 Å². The number of likely N-dealkylation sites (N-methyl/N-ethyl adjacent to an activating group) is 1. The van der Waals surface area contributed by atoms with Gasteiger partial charge in [-0.2, -0.15) is 0 Å². The van der Waals surface area contributed by atoms with E-state index in [-0.39, 0.29) is 39.7 Å². The molecule has 0 fully saturated rings. The molecule has 0 aromatic heterocycles. The standard InChI is InChI=1S/C20H21ClFN3O3S/c1-12(2)18(20(26)25(3)11-14-15(21)8-6-9-16(14)22)23-19-13-7-4-5-10-17(13)29(27,28)24-19/h4-10,12,18H,11H2,1-3H3,(H,23,24). The van der Waals surface area contributed by atoms with E-state index in [1.54, 1.807) is 24.3 Å². The maximum absolute atomic E-state index is 14.1. The number of carbonyl (C=O) groups excluding carboxylic acids is 1. The number of nitrogens with one attached hydrogen (secondary N) is 1. The molecule has 0 saturated heterocycles. The van der Waals surface area contributed by atoms with E-state index in [2.05, 4.69) is 9.71 Å². The molecule has 9 heteroatoms. The maximum Gasteiger partial charge on any atom is 0.263 e. The Morgan fingerprint density at radius 2 is 1.90 bits per heavy atom. The molecule has 0 bridgehead atoms. The van der Waals surface area contributed by atoms with Crippen molar-refractivity contribution in [2.45, 2.75) is 31.3 Å². The van der Waals surface area contributed by atoms with Gasteiger partial charge in [0.25, 0.3) is 10.0 Å². The molecule has 29 heavy (non-hydrogen) atoms. The van der Waals surface area contributed by atoms with Crippen LogP contribution in [0.1, 0.15) is 25.0 Å². The van der Waals surface area contributed by atoms with Gasteiger partial charge in [-0.1, -0.05) is 43.6 Å². The lowest BCUT2D eigenvalue weighted by molar-refractivity contribution is -0.132. The fourth-order valence-electron chi connectivity index (χ4n) is 3.08. The summed E-state index contributed by atoms with van der Waals surface area (Å²) in [4.78, 5) is 18.9. The van der Waals surface area contributed by atoms with E-state index in [1.807, 2.05) is 13.8 Å². The van der Waals surface area contributed by atoms with Gasteiger partial charge in [-0.15, -0.1) is 0 Å². The van der Waals surface area contributed by atoms with E-state index in [4.69, 9.17) is 11.6 Å². The van der Waals surface area contributed by atoms with Crippen LogP contribution in [0, 0.1) is 11.7 Å². The number of amides is 1. The summed E-state index contributed by atoms with van der Waals surface area (Å²) in [6.45, 7) is 3.60. The van der Waals surface area contributed by atoms with Crippen molar-refractivity contribution >= 4 is 33.4 Å². The molecule has 2 aromatic rings.